The molecular formula is C18H13Cl2F2N3O2. The summed E-state index contributed by atoms with van der Waals surface area (Å²) in [5.41, 5.74) is 2.05. The highest BCUT2D eigenvalue weighted by Crippen LogP contribution is 2.30. The Kier molecular flexibility index (Phi) is 5.62. The van der Waals surface area contributed by atoms with E-state index in [0.717, 1.165) is 5.56 Å². The molecule has 0 aliphatic carbocycles. The van der Waals surface area contributed by atoms with Crippen LogP contribution in [-0.2, 0) is 0 Å². The summed E-state index contributed by atoms with van der Waals surface area (Å²) in [5.74, 6) is -0.701. The van der Waals surface area contributed by atoms with Crippen LogP contribution in [0.2, 0.25) is 10.0 Å². The van der Waals surface area contributed by atoms with Crippen LogP contribution < -0.4 is 10.1 Å². The Morgan fingerprint density at radius 3 is 2.67 bits per heavy atom. The number of alkyl halides is 2. The van der Waals surface area contributed by atoms with Crippen LogP contribution in [0.5, 0.6) is 5.75 Å². The quantitative estimate of drug-likeness (QED) is 0.578. The molecule has 9 heteroatoms. The summed E-state index contributed by atoms with van der Waals surface area (Å²) in [6.07, 6.45) is 0. The highest BCUT2D eigenvalue weighted by Gasteiger charge is 2.16. The van der Waals surface area contributed by atoms with Crippen molar-refractivity contribution in [1.29, 1.82) is 0 Å². The number of hydrogen-bond donors (Lipinski definition) is 2. The lowest BCUT2D eigenvalue weighted by Gasteiger charge is -2.12. The van der Waals surface area contributed by atoms with Crippen molar-refractivity contribution < 1.29 is 18.3 Å². The van der Waals surface area contributed by atoms with Crippen LogP contribution in [0.3, 0.4) is 0 Å². The Bertz CT molecular complexity index is 992. The first-order chi connectivity index (χ1) is 12.8. The van der Waals surface area contributed by atoms with Crippen LogP contribution in [0.15, 0.2) is 42.5 Å². The molecule has 2 N–H and O–H groups in total. The van der Waals surface area contributed by atoms with Crippen molar-refractivity contribution >= 4 is 34.8 Å². The number of amides is 1. The van der Waals surface area contributed by atoms with Crippen molar-refractivity contribution in [2.45, 2.75) is 13.5 Å². The zero-order valence-corrected chi connectivity index (χ0v) is 15.4. The van der Waals surface area contributed by atoms with Crippen LogP contribution in [-0.4, -0.2) is 22.7 Å². The Morgan fingerprint density at radius 2 is 1.96 bits per heavy atom. The fourth-order valence-electron chi connectivity index (χ4n) is 2.40. The van der Waals surface area contributed by atoms with Crippen molar-refractivity contribution in [2.24, 2.45) is 0 Å². The second-order valence-electron chi connectivity index (χ2n) is 5.62. The van der Waals surface area contributed by atoms with Crippen molar-refractivity contribution in [3.63, 3.8) is 0 Å². The molecule has 0 aliphatic heterocycles. The summed E-state index contributed by atoms with van der Waals surface area (Å²) in [4.78, 5) is 12.5. The largest absolute Gasteiger partial charge is 0.433 e. The molecule has 0 spiro atoms. The first-order valence-electron chi connectivity index (χ1n) is 7.71. The first kappa shape index (κ1) is 19.1. The molecule has 0 saturated heterocycles. The van der Waals surface area contributed by atoms with E-state index in [9.17, 15) is 13.6 Å². The van der Waals surface area contributed by atoms with E-state index in [1.807, 2.05) is 0 Å². The standard InChI is InChI=1S/C18H13Cl2F2N3O2/c1-9-2-5-16(27-18(21)22)14(6-9)23-17(26)15-8-13(24-25-15)11-4-3-10(19)7-12(11)20/h2-8,18H,1H3,(H,23,26)(H,24,25). The molecular weight excluding hydrogens is 399 g/mol. The minimum absolute atomic E-state index is 0.125. The number of carbonyl (C=O) groups is 1. The third kappa shape index (κ3) is 4.56. The van der Waals surface area contributed by atoms with E-state index >= 15 is 0 Å². The van der Waals surface area contributed by atoms with Crippen LogP contribution in [0.4, 0.5) is 14.5 Å². The fraction of sp³-hybridized carbons (Fsp3) is 0.111. The van der Waals surface area contributed by atoms with E-state index < -0.39 is 12.5 Å². The van der Waals surface area contributed by atoms with Gasteiger partial charge in [-0.05, 0) is 48.9 Å². The molecule has 0 unspecified atom stereocenters. The highest BCUT2D eigenvalue weighted by atomic mass is 35.5. The molecule has 0 fully saturated rings. The monoisotopic (exact) mass is 411 g/mol. The van der Waals surface area contributed by atoms with Gasteiger partial charge in [-0.3, -0.25) is 9.89 Å². The van der Waals surface area contributed by atoms with E-state index in [1.165, 1.54) is 18.2 Å². The van der Waals surface area contributed by atoms with Gasteiger partial charge in [0.15, 0.2) is 0 Å². The van der Waals surface area contributed by atoms with Crippen LogP contribution in [0.25, 0.3) is 11.3 Å². The molecule has 3 rings (SSSR count). The zero-order chi connectivity index (χ0) is 19.6. The third-order valence-corrected chi connectivity index (χ3v) is 4.18. The maximum absolute atomic E-state index is 12.5. The molecule has 3 aromatic rings. The van der Waals surface area contributed by atoms with E-state index in [-0.39, 0.29) is 17.1 Å². The molecule has 0 saturated carbocycles. The molecule has 1 heterocycles. The van der Waals surface area contributed by atoms with Gasteiger partial charge in [-0.1, -0.05) is 29.3 Å². The van der Waals surface area contributed by atoms with Gasteiger partial charge in [0.1, 0.15) is 11.4 Å². The summed E-state index contributed by atoms with van der Waals surface area (Å²) in [6.45, 7) is -1.24. The number of carbonyl (C=O) groups excluding carboxylic acids is 1. The zero-order valence-electron chi connectivity index (χ0n) is 13.9. The number of ether oxygens (including phenoxy) is 1. The van der Waals surface area contributed by atoms with Crippen LogP contribution >= 0.6 is 23.2 Å². The second-order valence-corrected chi connectivity index (χ2v) is 6.47. The van der Waals surface area contributed by atoms with Gasteiger partial charge in [0.2, 0.25) is 0 Å². The summed E-state index contributed by atoms with van der Waals surface area (Å²) in [5, 5.41) is 10.1. The Morgan fingerprint density at radius 1 is 1.19 bits per heavy atom. The van der Waals surface area contributed by atoms with Crippen LogP contribution in [0.1, 0.15) is 16.1 Å². The molecule has 0 radical (unpaired) electrons. The lowest BCUT2D eigenvalue weighted by atomic mass is 10.1. The molecule has 27 heavy (non-hydrogen) atoms. The van der Waals surface area contributed by atoms with Gasteiger partial charge in [0.25, 0.3) is 5.91 Å². The van der Waals surface area contributed by atoms with Gasteiger partial charge in [-0.25, -0.2) is 0 Å². The van der Waals surface area contributed by atoms with Gasteiger partial charge in [0, 0.05) is 10.6 Å². The molecule has 0 atom stereocenters. The topological polar surface area (TPSA) is 67.0 Å². The Labute approximate surface area is 163 Å². The number of H-pyrrole nitrogens is 1. The van der Waals surface area contributed by atoms with Crippen LogP contribution in [0, 0.1) is 6.92 Å². The predicted octanol–water partition coefficient (Wildman–Crippen LogP) is 5.55. The summed E-state index contributed by atoms with van der Waals surface area (Å²) >= 11 is 12.0. The van der Waals surface area contributed by atoms with Gasteiger partial charge >= 0.3 is 6.61 Å². The number of aryl methyl sites for hydroxylation is 1. The summed E-state index contributed by atoms with van der Waals surface area (Å²) < 4.78 is 29.5. The van der Waals surface area contributed by atoms with Gasteiger partial charge in [-0.15, -0.1) is 0 Å². The number of rotatable bonds is 5. The third-order valence-electron chi connectivity index (χ3n) is 3.63. The van der Waals surface area contributed by atoms with E-state index in [1.54, 1.807) is 31.2 Å². The molecule has 140 valence electrons. The van der Waals surface area contributed by atoms with Crippen molar-refractivity contribution in [2.75, 3.05) is 5.32 Å². The lowest BCUT2D eigenvalue weighted by Crippen LogP contribution is -2.14. The minimum atomic E-state index is -3.01. The van der Waals surface area contributed by atoms with Gasteiger partial charge in [0.05, 0.1) is 16.4 Å². The second kappa shape index (κ2) is 7.94. The first-order valence-corrected chi connectivity index (χ1v) is 8.46. The van der Waals surface area contributed by atoms with Gasteiger partial charge < -0.3 is 10.1 Å². The number of aromatic nitrogens is 2. The Hall–Kier alpha value is -2.64. The van der Waals surface area contributed by atoms with Crippen molar-refractivity contribution in [3.8, 4) is 17.0 Å². The number of anilines is 1. The molecule has 1 amide bonds. The van der Waals surface area contributed by atoms with E-state index in [2.05, 4.69) is 20.3 Å². The maximum Gasteiger partial charge on any atom is 0.387 e. The molecule has 0 bridgehead atoms. The number of halogens is 4. The molecule has 2 aromatic carbocycles. The predicted molar refractivity (Wildman–Crippen MR) is 99.8 cm³/mol. The molecule has 0 aliphatic rings. The maximum atomic E-state index is 12.5. The molecule has 1 aromatic heterocycles. The van der Waals surface area contributed by atoms with Crippen molar-refractivity contribution in [3.05, 3.63) is 63.8 Å². The van der Waals surface area contributed by atoms with E-state index in [4.69, 9.17) is 23.2 Å². The number of nitrogens with zero attached hydrogens (tertiary/aromatic N) is 1. The smallest absolute Gasteiger partial charge is 0.387 e. The average Bonchev–Trinajstić information content (AvgIpc) is 3.07. The van der Waals surface area contributed by atoms with E-state index in [0.29, 0.717) is 21.3 Å². The van der Waals surface area contributed by atoms with Gasteiger partial charge in [-0.2, -0.15) is 13.9 Å². The SMILES string of the molecule is Cc1ccc(OC(F)F)c(NC(=O)c2cc(-c3ccc(Cl)cc3Cl)n[nH]2)c1. The average molecular weight is 412 g/mol. The lowest BCUT2D eigenvalue weighted by molar-refractivity contribution is -0.0493. The number of hydrogen-bond acceptors (Lipinski definition) is 3. The normalized spacial score (nSPS) is 10.9. The molecule has 5 nitrogen and oxygen atoms in total. The highest BCUT2D eigenvalue weighted by molar-refractivity contribution is 6.36. The summed E-state index contributed by atoms with van der Waals surface area (Å²) in [6, 6.07) is 10.9. The number of benzene rings is 2. The minimum Gasteiger partial charge on any atom is -0.433 e. The van der Waals surface area contributed by atoms with Crippen molar-refractivity contribution in [1.82, 2.24) is 10.2 Å². The fourth-order valence-corrected chi connectivity index (χ4v) is 2.91. The number of nitrogens with one attached hydrogen (secondary N) is 2. The Balaban J connectivity index is 1.84. The number of aromatic amines is 1. The summed E-state index contributed by atoms with van der Waals surface area (Å²) in [7, 11) is 0.